The molecule has 250 valence electrons. The van der Waals surface area contributed by atoms with Crippen LogP contribution < -0.4 is 0 Å². The first-order valence-corrected chi connectivity index (χ1v) is 16.3. The summed E-state index contributed by atoms with van der Waals surface area (Å²) >= 11 is 0. The Morgan fingerprint density at radius 1 is 0.646 bits per heavy atom. The number of esters is 3. The van der Waals surface area contributed by atoms with Gasteiger partial charge in [-0.3, -0.25) is 9.59 Å². The van der Waals surface area contributed by atoms with Crippen LogP contribution in [0.4, 0.5) is 0 Å². The molecule has 6 rings (SSSR count). The molecular weight excluding hydrogens is 612 g/mol. The summed E-state index contributed by atoms with van der Waals surface area (Å²) in [4.78, 5) is 69.7. The van der Waals surface area contributed by atoms with Crippen molar-refractivity contribution in [2.75, 3.05) is 0 Å². The molecule has 0 amide bonds. The molecule has 3 fully saturated rings. The fourth-order valence-corrected chi connectivity index (χ4v) is 8.79. The lowest BCUT2D eigenvalue weighted by Crippen LogP contribution is -2.80. The van der Waals surface area contributed by atoms with E-state index in [0.717, 1.165) is 0 Å². The van der Waals surface area contributed by atoms with Crippen LogP contribution in [0.1, 0.15) is 78.5 Å². The highest BCUT2D eigenvalue weighted by atomic mass is 16.6. The van der Waals surface area contributed by atoms with Crippen molar-refractivity contribution in [1.82, 2.24) is 0 Å². The van der Waals surface area contributed by atoms with Crippen molar-refractivity contribution >= 4 is 29.5 Å². The topological polar surface area (TPSA) is 122 Å². The molecular formula is C39H40O9. The van der Waals surface area contributed by atoms with Gasteiger partial charge in [0.1, 0.15) is 35.3 Å². The average Bonchev–Trinajstić information content (AvgIpc) is 3.27. The minimum atomic E-state index is -2.07. The zero-order chi connectivity index (χ0) is 34.4. The van der Waals surface area contributed by atoms with Crippen LogP contribution in [0.15, 0.2) is 91.0 Å². The van der Waals surface area contributed by atoms with Gasteiger partial charge in [0.25, 0.3) is 0 Å². The summed E-state index contributed by atoms with van der Waals surface area (Å²) in [5.74, 6) is -6.07. The number of ether oxygens (including phenoxy) is 4. The first-order chi connectivity index (χ1) is 22.8. The fraction of sp³-hybridized carbons (Fsp3) is 0.410. The average molecular weight is 653 g/mol. The number of ketones is 2. The Kier molecular flexibility index (Phi) is 8.62. The molecule has 9 nitrogen and oxygen atoms in total. The molecule has 1 heterocycles. The van der Waals surface area contributed by atoms with Gasteiger partial charge in [-0.15, -0.1) is 0 Å². The number of Topliss-reactive ketones (excluding diaryl/α,β-unsaturated/α-hetero) is 2. The predicted octanol–water partition coefficient (Wildman–Crippen LogP) is 6.05. The molecule has 2 saturated carbocycles. The summed E-state index contributed by atoms with van der Waals surface area (Å²) in [6.07, 6.45) is -2.20. The predicted molar refractivity (Wildman–Crippen MR) is 174 cm³/mol. The quantitative estimate of drug-likeness (QED) is 0.211. The normalized spacial score (nSPS) is 31.5. The highest BCUT2D eigenvalue weighted by molar-refractivity contribution is 5.93. The first kappa shape index (κ1) is 33.3. The summed E-state index contributed by atoms with van der Waals surface area (Å²) in [5, 5.41) is 0. The number of hydrogen-bond donors (Lipinski definition) is 0. The van der Waals surface area contributed by atoms with Crippen LogP contribution >= 0.6 is 0 Å². The molecule has 0 aromatic heterocycles. The summed E-state index contributed by atoms with van der Waals surface area (Å²) in [5.41, 5.74) is -3.92. The van der Waals surface area contributed by atoms with Crippen LogP contribution in [-0.4, -0.2) is 58.5 Å². The Morgan fingerprint density at radius 3 is 1.58 bits per heavy atom. The lowest BCUT2D eigenvalue weighted by atomic mass is 9.47. The van der Waals surface area contributed by atoms with Gasteiger partial charge >= 0.3 is 17.9 Å². The maximum atomic E-state index is 14.3. The van der Waals surface area contributed by atoms with Gasteiger partial charge in [-0.1, -0.05) is 61.5 Å². The summed E-state index contributed by atoms with van der Waals surface area (Å²) in [7, 11) is 0. The number of fused-ring (bicyclic) bond motifs is 1. The smallest absolute Gasteiger partial charge is 0.338 e. The van der Waals surface area contributed by atoms with Crippen LogP contribution in [-0.2, 0) is 28.5 Å². The Balaban J connectivity index is 1.59. The molecule has 0 radical (unpaired) electrons. The molecule has 3 aromatic carbocycles. The molecule has 8 atom stereocenters. The van der Waals surface area contributed by atoms with Crippen molar-refractivity contribution in [3.05, 3.63) is 108 Å². The van der Waals surface area contributed by atoms with Crippen LogP contribution in [0, 0.1) is 23.7 Å². The minimum Gasteiger partial charge on any atom is -0.458 e. The molecule has 0 N–H and O–H groups in total. The van der Waals surface area contributed by atoms with E-state index in [1.807, 2.05) is 20.8 Å². The van der Waals surface area contributed by atoms with E-state index in [-0.39, 0.29) is 35.3 Å². The standard InChI is InChI=1S/C39H40O9/c1-23-21-30(45-34(42)26-15-9-6-10-16-26)33(25(3)41)39(47-36(44)28-19-13-8-14-20-28)31(46-35(43)27-17-11-7-12-18-27)22-29-32(24(2)40)38(23,39)48-37(29,4)5/h6-20,23,29-33H,21-22H2,1-5H3/t23-,29-,30+,31+,32+,33+,38-,39+/m1/s1. The minimum absolute atomic E-state index is 0.0511. The molecule has 1 aliphatic heterocycles. The van der Waals surface area contributed by atoms with E-state index in [0.29, 0.717) is 0 Å². The van der Waals surface area contributed by atoms with Crippen molar-refractivity contribution in [3.63, 3.8) is 0 Å². The van der Waals surface area contributed by atoms with Crippen LogP contribution in [0.2, 0.25) is 0 Å². The SMILES string of the molecule is CC(=O)[C@H]1[C@H]2C[C@H](OC(=O)c3ccccc3)[C@]3(OC(=O)c4ccccc4)[C@@H](C(C)=O)[C@@H](OC(=O)c4ccccc4)C[C@@H](C)[C@@]13OC2(C)C. The van der Waals surface area contributed by atoms with Crippen LogP contribution in [0.3, 0.4) is 0 Å². The van der Waals surface area contributed by atoms with E-state index in [4.69, 9.17) is 18.9 Å². The number of rotatable bonds is 8. The van der Waals surface area contributed by atoms with Gasteiger partial charge in [-0.05, 0) is 82.9 Å². The van der Waals surface area contributed by atoms with Crippen molar-refractivity contribution < 1.29 is 42.9 Å². The Labute approximate surface area is 279 Å². The maximum absolute atomic E-state index is 14.3. The second-order valence-corrected chi connectivity index (χ2v) is 13.8. The van der Waals surface area contributed by atoms with Crippen molar-refractivity contribution in [2.24, 2.45) is 23.7 Å². The fourth-order valence-electron chi connectivity index (χ4n) is 8.79. The Hall–Kier alpha value is -4.63. The number of hydrogen-bond acceptors (Lipinski definition) is 9. The molecule has 48 heavy (non-hydrogen) atoms. The number of carbonyl (C=O) groups excluding carboxylic acids is 5. The third kappa shape index (κ3) is 5.25. The summed E-state index contributed by atoms with van der Waals surface area (Å²) in [6, 6.07) is 25.0. The summed E-state index contributed by atoms with van der Waals surface area (Å²) in [6.45, 7) is 8.39. The maximum Gasteiger partial charge on any atom is 0.338 e. The third-order valence-electron chi connectivity index (χ3n) is 10.6. The second-order valence-electron chi connectivity index (χ2n) is 13.8. The highest BCUT2D eigenvalue weighted by Crippen LogP contribution is 2.68. The van der Waals surface area contributed by atoms with E-state index >= 15 is 0 Å². The molecule has 1 saturated heterocycles. The largest absolute Gasteiger partial charge is 0.458 e. The van der Waals surface area contributed by atoms with Crippen molar-refractivity contribution in [2.45, 2.75) is 76.5 Å². The van der Waals surface area contributed by atoms with E-state index in [9.17, 15) is 24.0 Å². The molecule has 2 aliphatic carbocycles. The van der Waals surface area contributed by atoms with Crippen LogP contribution in [0.25, 0.3) is 0 Å². The zero-order valence-electron chi connectivity index (χ0n) is 27.7. The molecule has 2 bridgehead atoms. The molecule has 1 spiro atoms. The van der Waals surface area contributed by atoms with E-state index in [1.54, 1.807) is 91.0 Å². The Bertz CT molecular complexity index is 1720. The molecule has 3 aliphatic rings. The molecule has 9 heteroatoms. The zero-order valence-corrected chi connectivity index (χ0v) is 27.7. The van der Waals surface area contributed by atoms with Gasteiger partial charge in [-0.2, -0.15) is 0 Å². The van der Waals surface area contributed by atoms with E-state index < -0.39 is 76.4 Å². The highest BCUT2D eigenvalue weighted by Gasteiger charge is 2.83. The van der Waals surface area contributed by atoms with Crippen LogP contribution in [0.5, 0.6) is 0 Å². The molecule has 0 unspecified atom stereocenters. The van der Waals surface area contributed by atoms with Gasteiger partial charge in [-0.25, -0.2) is 14.4 Å². The monoisotopic (exact) mass is 652 g/mol. The Morgan fingerprint density at radius 2 is 1.10 bits per heavy atom. The van der Waals surface area contributed by atoms with Crippen molar-refractivity contribution in [3.8, 4) is 0 Å². The summed E-state index contributed by atoms with van der Waals surface area (Å²) < 4.78 is 26.2. The number of benzene rings is 3. The lowest BCUT2D eigenvalue weighted by molar-refractivity contribution is -0.302. The van der Waals surface area contributed by atoms with Gasteiger partial charge < -0.3 is 18.9 Å². The van der Waals surface area contributed by atoms with E-state index in [1.165, 1.54) is 13.8 Å². The van der Waals surface area contributed by atoms with Crippen molar-refractivity contribution in [1.29, 1.82) is 0 Å². The first-order valence-electron chi connectivity index (χ1n) is 16.3. The third-order valence-corrected chi connectivity index (χ3v) is 10.6. The van der Waals surface area contributed by atoms with E-state index in [2.05, 4.69) is 0 Å². The number of carbonyl (C=O) groups is 5. The lowest BCUT2D eigenvalue weighted by Gasteiger charge is -2.63. The van der Waals surface area contributed by atoms with Gasteiger partial charge in [0, 0.05) is 5.92 Å². The van der Waals surface area contributed by atoms with Gasteiger partial charge in [0.05, 0.1) is 28.2 Å². The van der Waals surface area contributed by atoms with Gasteiger partial charge in [0.15, 0.2) is 5.60 Å². The second kappa shape index (κ2) is 12.4. The van der Waals surface area contributed by atoms with Gasteiger partial charge in [0.2, 0.25) is 0 Å². The molecule has 3 aromatic rings.